The topological polar surface area (TPSA) is 52.6 Å². The first-order chi connectivity index (χ1) is 11.6. The molecule has 126 valence electrons. The van der Waals surface area contributed by atoms with Gasteiger partial charge >= 0.3 is 11.9 Å². The molecule has 0 atom stereocenters. The van der Waals surface area contributed by atoms with Crippen LogP contribution in [0, 0.1) is 0 Å². The molecule has 2 rings (SSSR count). The fourth-order valence-corrected chi connectivity index (χ4v) is 2.22. The number of esters is 2. The highest BCUT2D eigenvalue weighted by molar-refractivity contribution is 6.29. The molecule has 0 bridgehead atoms. The predicted molar refractivity (Wildman–Crippen MR) is 91.6 cm³/mol. The number of halogens is 2. The predicted octanol–water partition coefficient (Wildman–Crippen LogP) is 3.95. The van der Waals surface area contributed by atoms with Crippen LogP contribution in [-0.2, 0) is 44.0 Å². The molecule has 0 aliphatic rings. The first kappa shape index (κ1) is 18.3. The van der Waals surface area contributed by atoms with Gasteiger partial charge in [0.15, 0.2) is 0 Å². The summed E-state index contributed by atoms with van der Waals surface area (Å²) in [5.41, 5.74) is 3.46. The van der Waals surface area contributed by atoms with E-state index in [2.05, 4.69) is 0 Å². The minimum Gasteiger partial charge on any atom is -0.452 e. The van der Waals surface area contributed by atoms with Crippen molar-refractivity contribution in [3.63, 3.8) is 0 Å². The Morgan fingerprint density at radius 3 is 1.21 bits per heavy atom. The lowest BCUT2D eigenvalue weighted by Crippen LogP contribution is -2.20. The van der Waals surface area contributed by atoms with Crippen molar-refractivity contribution in [3.8, 4) is 0 Å². The number of benzene rings is 2. The summed E-state index contributed by atoms with van der Waals surface area (Å²) < 4.78 is 9.85. The van der Waals surface area contributed by atoms with Gasteiger partial charge in [-0.25, -0.2) is 9.59 Å². The smallest absolute Gasteiger partial charge is 0.417 e. The van der Waals surface area contributed by atoms with E-state index in [0.29, 0.717) is 11.8 Å². The summed E-state index contributed by atoms with van der Waals surface area (Å²) in [6.07, 6.45) is 0. The third kappa shape index (κ3) is 5.55. The van der Waals surface area contributed by atoms with E-state index in [1.54, 1.807) is 24.3 Å². The van der Waals surface area contributed by atoms with Crippen LogP contribution in [-0.4, -0.2) is 11.9 Å². The van der Waals surface area contributed by atoms with Crippen molar-refractivity contribution in [3.05, 3.63) is 70.8 Å². The summed E-state index contributed by atoms with van der Waals surface area (Å²) in [6, 6.07) is 14.5. The first-order valence-corrected chi connectivity index (χ1v) is 8.30. The highest BCUT2D eigenvalue weighted by atomic mass is 35.5. The molecule has 2 aromatic rings. The monoisotopic (exact) mass is 366 g/mol. The van der Waals surface area contributed by atoms with Gasteiger partial charge in [0.25, 0.3) is 0 Å². The second kappa shape index (κ2) is 9.30. The van der Waals surface area contributed by atoms with E-state index >= 15 is 0 Å². The fraction of sp³-hybridized carbons (Fsp3) is 0.222. The molecular formula is C18H16Cl2O4. The average molecular weight is 367 g/mol. The lowest BCUT2D eigenvalue weighted by atomic mass is 10.2. The van der Waals surface area contributed by atoms with E-state index < -0.39 is 11.9 Å². The van der Waals surface area contributed by atoms with E-state index in [1.807, 2.05) is 24.3 Å². The average Bonchev–Trinajstić information content (AvgIpc) is 2.64. The largest absolute Gasteiger partial charge is 0.452 e. The lowest BCUT2D eigenvalue weighted by molar-refractivity contribution is -0.169. The van der Waals surface area contributed by atoms with Crippen LogP contribution in [0.2, 0.25) is 0 Å². The van der Waals surface area contributed by atoms with E-state index in [-0.39, 0.29) is 13.2 Å². The summed E-state index contributed by atoms with van der Waals surface area (Å²) in [5, 5.41) is 0. The standard InChI is InChI=1S/C18H16Cl2O4/c19-9-13-1-5-15(6-2-13)11-23-17(21)18(22)24-12-16-7-3-14(10-20)4-8-16/h1-8H,9-12H2. The minimum absolute atomic E-state index is 0.000911. The van der Waals surface area contributed by atoms with Crippen molar-refractivity contribution in [2.75, 3.05) is 0 Å². The summed E-state index contributed by atoms with van der Waals surface area (Å²) in [5.74, 6) is -1.21. The van der Waals surface area contributed by atoms with Gasteiger partial charge in [-0.15, -0.1) is 23.2 Å². The number of alkyl halides is 2. The van der Waals surface area contributed by atoms with Crippen LogP contribution in [0.4, 0.5) is 0 Å². The molecule has 0 saturated heterocycles. The minimum atomic E-state index is -1.02. The van der Waals surface area contributed by atoms with Gasteiger partial charge in [-0.05, 0) is 22.3 Å². The number of carbonyl (C=O) groups is 2. The van der Waals surface area contributed by atoms with E-state index in [4.69, 9.17) is 32.7 Å². The molecular weight excluding hydrogens is 351 g/mol. The summed E-state index contributed by atoms with van der Waals surface area (Å²) in [4.78, 5) is 23.3. The fourth-order valence-electron chi connectivity index (χ4n) is 1.86. The third-order valence-corrected chi connectivity index (χ3v) is 3.88. The van der Waals surface area contributed by atoms with Gasteiger partial charge < -0.3 is 9.47 Å². The van der Waals surface area contributed by atoms with Crippen molar-refractivity contribution in [2.45, 2.75) is 25.0 Å². The van der Waals surface area contributed by atoms with Crippen LogP contribution >= 0.6 is 23.2 Å². The highest BCUT2D eigenvalue weighted by Crippen LogP contribution is 2.10. The number of ether oxygens (including phenoxy) is 2. The van der Waals surface area contributed by atoms with Crippen LogP contribution < -0.4 is 0 Å². The second-order valence-electron chi connectivity index (χ2n) is 5.05. The SMILES string of the molecule is O=C(OCc1ccc(CCl)cc1)C(=O)OCc1ccc(CCl)cc1. The Balaban J connectivity index is 1.77. The van der Waals surface area contributed by atoms with E-state index in [1.165, 1.54) is 0 Å². The lowest BCUT2D eigenvalue weighted by Gasteiger charge is -2.07. The molecule has 24 heavy (non-hydrogen) atoms. The number of hydrogen-bond donors (Lipinski definition) is 0. The van der Waals surface area contributed by atoms with Crippen LogP contribution in [0.3, 0.4) is 0 Å². The maximum Gasteiger partial charge on any atom is 0.417 e. The van der Waals surface area contributed by atoms with Gasteiger partial charge in [0, 0.05) is 11.8 Å². The molecule has 4 nitrogen and oxygen atoms in total. The molecule has 0 amide bonds. The van der Waals surface area contributed by atoms with Crippen LogP contribution in [0.5, 0.6) is 0 Å². The van der Waals surface area contributed by atoms with Crippen LogP contribution in [0.1, 0.15) is 22.3 Å². The molecule has 0 radical (unpaired) electrons. The summed E-state index contributed by atoms with van der Waals surface area (Å²) in [7, 11) is 0. The Hall–Kier alpha value is -2.04. The number of carbonyl (C=O) groups excluding carboxylic acids is 2. The number of hydrogen-bond acceptors (Lipinski definition) is 4. The van der Waals surface area contributed by atoms with Gasteiger partial charge in [0.2, 0.25) is 0 Å². The Bertz CT molecular complexity index is 620. The third-order valence-electron chi connectivity index (χ3n) is 3.26. The normalized spacial score (nSPS) is 10.2. The van der Waals surface area contributed by atoms with Crippen molar-refractivity contribution < 1.29 is 19.1 Å². The molecule has 0 fully saturated rings. The maximum atomic E-state index is 11.6. The van der Waals surface area contributed by atoms with Gasteiger partial charge in [-0.2, -0.15) is 0 Å². The van der Waals surface area contributed by atoms with Gasteiger partial charge in [0.05, 0.1) is 0 Å². The molecule has 6 heteroatoms. The zero-order chi connectivity index (χ0) is 17.4. The highest BCUT2D eigenvalue weighted by Gasteiger charge is 2.17. The van der Waals surface area contributed by atoms with E-state index in [0.717, 1.165) is 22.3 Å². The molecule has 0 N–H and O–H groups in total. The number of rotatable bonds is 6. The Morgan fingerprint density at radius 2 is 0.917 bits per heavy atom. The quantitative estimate of drug-likeness (QED) is 0.441. The molecule has 0 aromatic heterocycles. The van der Waals surface area contributed by atoms with Crippen molar-refractivity contribution in [1.29, 1.82) is 0 Å². The van der Waals surface area contributed by atoms with Gasteiger partial charge in [0.1, 0.15) is 13.2 Å². The molecule has 0 saturated carbocycles. The van der Waals surface area contributed by atoms with Crippen molar-refractivity contribution in [2.24, 2.45) is 0 Å². The van der Waals surface area contributed by atoms with Crippen molar-refractivity contribution >= 4 is 35.1 Å². The van der Waals surface area contributed by atoms with Crippen LogP contribution in [0.25, 0.3) is 0 Å². The maximum absolute atomic E-state index is 11.6. The van der Waals surface area contributed by atoms with E-state index in [9.17, 15) is 9.59 Å². The molecule has 0 aliphatic heterocycles. The van der Waals surface area contributed by atoms with Crippen LogP contribution in [0.15, 0.2) is 48.5 Å². The Labute approximate surface area is 150 Å². The Morgan fingerprint density at radius 1 is 0.625 bits per heavy atom. The van der Waals surface area contributed by atoms with Gasteiger partial charge in [-0.3, -0.25) is 0 Å². The molecule has 2 aromatic carbocycles. The second-order valence-corrected chi connectivity index (χ2v) is 5.59. The van der Waals surface area contributed by atoms with Gasteiger partial charge in [-0.1, -0.05) is 48.5 Å². The van der Waals surface area contributed by atoms with Crippen molar-refractivity contribution in [1.82, 2.24) is 0 Å². The Kier molecular flexibility index (Phi) is 7.09. The molecule has 0 spiro atoms. The first-order valence-electron chi connectivity index (χ1n) is 7.24. The summed E-state index contributed by atoms with van der Waals surface area (Å²) >= 11 is 11.4. The zero-order valence-electron chi connectivity index (χ0n) is 12.8. The zero-order valence-corrected chi connectivity index (χ0v) is 14.3. The molecule has 0 unspecified atom stereocenters. The molecule has 0 heterocycles. The molecule has 0 aliphatic carbocycles. The summed E-state index contributed by atoms with van der Waals surface area (Å²) in [6.45, 7) is 0.00182.